The Morgan fingerprint density at radius 3 is 2.42 bits per heavy atom. The summed E-state index contributed by atoms with van der Waals surface area (Å²) in [5, 5.41) is 17.5. The molecule has 216 valence electrons. The van der Waals surface area contributed by atoms with Crippen molar-refractivity contribution >= 4 is 17.5 Å². The van der Waals surface area contributed by atoms with Crippen LogP contribution in [0.3, 0.4) is 0 Å². The molecule has 0 spiro atoms. The Bertz CT molecular complexity index is 1360. The number of aryl methyl sites for hydroxylation is 1. The number of alkyl halides is 4. The molecule has 0 bridgehead atoms. The Kier molecular flexibility index (Phi) is 7.78. The molecule has 5 rings (SSSR count). The van der Waals surface area contributed by atoms with Crippen LogP contribution in [0, 0.1) is 24.7 Å². The molecular weight excluding hydrogens is 534 g/mol. The molecule has 10 nitrogen and oxygen atoms in total. The van der Waals surface area contributed by atoms with Crippen molar-refractivity contribution in [2.24, 2.45) is 17.8 Å². The van der Waals surface area contributed by atoms with E-state index in [-0.39, 0.29) is 43.2 Å². The Labute approximate surface area is 227 Å². The van der Waals surface area contributed by atoms with Gasteiger partial charge in [-0.1, -0.05) is 12.1 Å². The standard InChI is InChI=1S/C26H31F4N7O3/c1-13(9-19(27)28)24(38)33-22(15-3-4-15)17-10-20-32-18(12-37(20)31-11-17)23(16-5-7-26(29,30)8-6-16)34-25(39)21-14(2)35-40-36-21/h10-13,15-16,19,22-23H,3-9H2,1-2H3,(H,33,38)(H,34,39)/t13-,22-,23+/m1/s1. The van der Waals surface area contributed by atoms with Crippen molar-refractivity contribution in [2.75, 3.05) is 0 Å². The second-order valence-electron chi connectivity index (χ2n) is 11.0. The number of amides is 2. The van der Waals surface area contributed by atoms with Gasteiger partial charge in [0.05, 0.1) is 30.2 Å². The Hall–Kier alpha value is -3.58. The highest BCUT2D eigenvalue weighted by molar-refractivity contribution is 5.93. The molecule has 0 aliphatic heterocycles. The maximum Gasteiger partial charge on any atom is 0.276 e. The first-order valence-corrected chi connectivity index (χ1v) is 13.4. The summed E-state index contributed by atoms with van der Waals surface area (Å²) >= 11 is 0. The number of imidazole rings is 1. The predicted molar refractivity (Wildman–Crippen MR) is 133 cm³/mol. The van der Waals surface area contributed by atoms with E-state index in [2.05, 4.69) is 35.7 Å². The van der Waals surface area contributed by atoms with Crippen LogP contribution in [0.1, 0.15) is 91.4 Å². The molecule has 2 amide bonds. The highest BCUT2D eigenvalue weighted by Gasteiger charge is 2.40. The highest BCUT2D eigenvalue weighted by atomic mass is 19.3. The summed E-state index contributed by atoms with van der Waals surface area (Å²) in [7, 11) is 0. The molecule has 40 heavy (non-hydrogen) atoms. The molecule has 3 aromatic rings. The van der Waals surface area contributed by atoms with E-state index in [4.69, 9.17) is 0 Å². The number of rotatable bonds is 10. The van der Waals surface area contributed by atoms with E-state index >= 15 is 0 Å². The summed E-state index contributed by atoms with van der Waals surface area (Å²) in [5.74, 6) is -4.73. The maximum absolute atomic E-state index is 13.9. The van der Waals surface area contributed by atoms with Gasteiger partial charge >= 0.3 is 0 Å². The smallest absolute Gasteiger partial charge is 0.276 e. The molecule has 3 aromatic heterocycles. The molecule has 0 unspecified atom stereocenters. The lowest BCUT2D eigenvalue weighted by Gasteiger charge is -2.33. The largest absolute Gasteiger partial charge is 0.349 e. The minimum atomic E-state index is -2.75. The summed E-state index contributed by atoms with van der Waals surface area (Å²) in [4.78, 5) is 30.3. The Morgan fingerprint density at radius 2 is 1.80 bits per heavy atom. The van der Waals surface area contributed by atoms with E-state index in [1.807, 2.05) is 0 Å². The molecule has 0 radical (unpaired) electrons. The van der Waals surface area contributed by atoms with E-state index in [0.717, 1.165) is 12.8 Å². The summed E-state index contributed by atoms with van der Waals surface area (Å²) in [6.45, 7) is 3.04. The zero-order valence-corrected chi connectivity index (χ0v) is 22.1. The third-order valence-electron chi connectivity index (χ3n) is 7.80. The van der Waals surface area contributed by atoms with Gasteiger partial charge in [-0.3, -0.25) is 9.59 Å². The number of hydrogen-bond donors (Lipinski definition) is 2. The van der Waals surface area contributed by atoms with Crippen LogP contribution in [0.5, 0.6) is 0 Å². The number of aromatic nitrogens is 5. The Balaban J connectivity index is 1.41. The first-order chi connectivity index (χ1) is 19.0. The van der Waals surface area contributed by atoms with Crippen molar-refractivity contribution in [3.63, 3.8) is 0 Å². The van der Waals surface area contributed by atoms with Crippen LogP contribution in [0.25, 0.3) is 5.65 Å². The fraction of sp³-hybridized carbons (Fsp3) is 0.615. The molecule has 3 heterocycles. The van der Waals surface area contributed by atoms with Crippen molar-refractivity contribution in [3.05, 3.63) is 41.1 Å². The lowest BCUT2D eigenvalue weighted by atomic mass is 9.81. The second kappa shape index (κ2) is 11.1. The van der Waals surface area contributed by atoms with Crippen LogP contribution in [-0.4, -0.2) is 49.1 Å². The van der Waals surface area contributed by atoms with E-state index in [0.29, 0.717) is 22.6 Å². The van der Waals surface area contributed by atoms with Crippen LogP contribution in [0.15, 0.2) is 23.1 Å². The van der Waals surface area contributed by atoms with Gasteiger partial charge in [0.25, 0.3) is 5.91 Å². The van der Waals surface area contributed by atoms with Gasteiger partial charge in [-0.25, -0.2) is 31.7 Å². The molecule has 3 atom stereocenters. The summed E-state index contributed by atoms with van der Waals surface area (Å²) in [6.07, 6.45) is 1.70. The number of nitrogens with one attached hydrogen (secondary N) is 2. The normalized spacial score (nSPS) is 19.9. The quantitative estimate of drug-likeness (QED) is 0.345. The molecule has 2 aliphatic rings. The number of nitrogens with zero attached hydrogens (tertiary/aromatic N) is 5. The monoisotopic (exact) mass is 565 g/mol. The van der Waals surface area contributed by atoms with Gasteiger partial charge < -0.3 is 10.6 Å². The first-order valence-electron chi connectivity index (χ1n) is 13.4. The van der Waals surface area contributed by atoms with E-state index in [9.17, 15) is 27.2 Å². The molecule has 0 aromatic carbocycles. The van der Waals surface area contributed by atoms with Crippen molar-refractivity contribution in [3.8, 4) is 0 Å². The van der Waals surface area contributed by atoms with Gasteiger partial charge in [-0.2, -0.15) is 5.10 Å². The van der Waals surface area contributed by atoms with Gasteiger partial charge in [-0.05, 0) is 61.2 Å². The fourth-order valence-corrected chi connectivity index (χ4v) is 5.28. The van der Waals surface area contributed by atoms with Crippen LogP contribution >= 0.6 is 0 Å². The topological polar surface area (TPSA) is 127 Å². The van der Waals surface area contributed by atoms with Crippen molar-refractivity contribution in [1.29, 1.82) is 0 Å². The summed E-state index contributed by atoms with van der Waals surface area (Å²) in [6, 6.07) is 0.667. The van der Waals surface area contributed by atoms with Gasteiger partial charge in [0.2, 0.25) is 18.3 Å². The fourth-order valence-electron chi connectivity index (χ4n) is 5.28. The van der Waals surface area contributed by atoms with Crippen molar-refractivity contribution < 1.29 is 31.8 Å². The number of carbonyl (C=O) groups excluding carboxylic acids is 2. The zero-order chi connectivity index (χ0) is 28.6. The first kappa shape index (κ1) is 28.0. The van der Waals surface area contributed by atoms with Crippen LogP contribution in [-0.2, 0) is 4.79 Å². The maximum atomic E-state index is 13.9. The van der Waals surface area contributed by atoms with Crippen molar-refractivity contribution in [2.45, 2.75) is 83.2 Å². The number of carbonyl (C=O) groups is 2. The molecular formula is C26H31F4N7O3. The number of fused-ring (bicyclic) bond motifs is 1. The summed E-state index contributed by atoms with van der Waals surface area (Å²) in [5.41, 5.74) is 1.86. The minimum absolute atomic E-state index is 0.000554. The lowest BCUT2D eigenvalue weighted by Crippen LogP contribution is -2.37. The SMILES string of the molecule is Cc1nonc1C(=O)N[C@H](c1cn2ncc([C@H](NC(=O)[C@H](C)CC(F)F)C3CC3)cc2n1)C1CCC(F)(F)CC1. The molecule has 14 heteroatoms. The molecule has 2 fully saturated rings. The van der Waals surface area contributed by atoms with E-state index in [1.54, 1.807) is 25.4 Å². The van der Waals surface area contributed by atoms with Gasteiger partial charge in [0.15, 0.2) is 11.3 Å². The lowest BCUT2D eigenvalue weighted by molar-refractivity contribution is -0.126. The van der Waals surface area contributed by atoms with Gasteiger partial charge in [0.1, 0.15) is 5.69 Å². The van der Waals surface area contributed by atoms with Gasteiger partial charge in [-0.15, -0.1) is 0 Å². The van der Waals surface area contributed by atoms with Crippen LogP contribution in [0.2, 0.25) is 0 Å². The highest BCUT2D eigenvalue weighted by Crippen LogP contribution is 2.43. The third kappa shape index (κ3) is 6.25. The average Bonchev–Trinajstić information content (AvgIpc) is 3.50. The van der Waals surface area contributed by atoms with Crippen LogP contribution in [0.4, 0.5) is 17.6 Å². The Morgan fingerprint density at radius 1 is 1.10 bits per heavy atom. The third-order valence-corrected chi connectivity index (χ3v) is 7.80. The molecule has 2 N–H and O–H groups in total. The molecule has 0 saturated heterocycles. The van der Waals surface area contributed by atoms with Crippen LogP contribution < -0.4 is 10.6 Å². The van der Waals surface area contributed by atoms with Crippen molar-refractivity contribution in [1.82, 2.24) is 35.5 Å². The number of hydrogen-bond acceptors (Lipinski definition) is 7. The van der Waals surface area contributed by atoms with Gasteiger partial charge in [0, 0.05) is 25.2 Å². The molecule has 2 saturated carbocycles. The number of halogens is 4. The average molecular weight is 566 g/mol. The minimum Gasteiger partial charge on any atom is -0.349 e. The zero-order valence-electron chi connectivity index (χ0n) is 22.1. The second-order valence-corrected chi connectivity index (χ2v) is 11.0. The van der Waals surface area contributed by atoms with E-state index in [1.165, 1.54) is 11.4 Å². The van der Waals surface area contributed by atoms with E-state index < -0.39 is 48.6 Å². The summed E-state index contributed by atoms with van der Waals surface area (Å²) < 4.78 is 59.6. The predicted octanol–water partition coefficient (Wildman–Crippen LogP) is 4.58. The molecule has 2 aliphatic carbocycles.